The lowest BCUT2D eigenvalue weighted by atomic mass is 10.2. The van der Waals surface area contributed by atoms with Crippen LogP contribution < -0.4 is 10.6 Å². The Morgan fingerprint density at radius 1 is 1.16 bits per heavy atom. The van der Waals surface area contributed by atoms with Crippen LogP contribution in [0.1, 0.15) is 5.56 Å². The molecule has 0 bridgehead atoms. The normalized spacial score (nSPS) is 10.0. The van der Waals surface area contributed by atoms with Crippen molar-refractivity contribution < 1.29 is 4.79 Å². The third kappa shape index (κ3) is 4.50. The smallest absolute Gasteiger partial charge is 0.319 e. The lowest BCUT2D eigenvalue weighted by molar-refractivity contribution is 0.251. The van der Waals surface area contributed by atoms with E-state index in [4.69, 9.17) is 0 Å². The van der Waals surface area contributed by atoms with Crippen molar-refractivity contribution in [3.05, 3.63) is 62.1 Å². The van der Waals surface area contributed by atoms with E-state index >= 15 is 0 Å². The highest BCUT2D eigenvalue weighted by atomic mass is 127. The summed E-state index contributed by atoms with van der Waals surface area (Å²) in [5.41, 5.74) is 1.86. The molecular weight excluding hydrogens is 419 g/mol. The van der Waals surface area contributed by atoms with Crippen LogP contribution in [-0.2, 0) is 6.54 Å². The number of hydrogen-bond acceptors (Lipinski definition) is 1. The number of carbonyl (C=O) groups is 1. The Balaban J connectivity index is 1.90. The van der Waals surface area contributed by atoms with Crippen molar-refractivity contribution in [2.24, 2.45) is 0 Å². The van der Waals surface area contributed by atoms with Gasteiger partial charge in [0, 0.05) is 14.6 Å². The molecule has 0 radical (unpaired) electrons. The van der Waals surface area contributed by atoms with Gasteiger partial charge in [-0.05, 0) is 52.4 Å². The Labute approximate surface area is 134 Å². The molecule has 0 saturated heterocycles. The number of nitrogens with one attached hydrogen (secondary N) is 2. The monoisotopic (exact) mass is 430 g/mol. The Morgan fingerprint density at radius 3 is 2.68 bits per heavy atom. The van der Waals surface area contributed by atoms with Crippen LogP contribution in [0.15, 0.2) is 53.0 Å². The van der Waals surface area contributed by atoms with Gasteiger partial charge in [-0.1, -0.05) is 40.2 Å². The summed E-state index contributed by atoms with van der Waals surface area (Å²) in [5, 5.41) is 5.65. The number of halogens is 2. The van der Waals surface area contributed by atoms with Gasteiger partial charge < -0.3 is 10.6 Å². The molecule has 2 rings (SSSR count). The van der Waals surface area contributed by atoms with Crippen molar-refractivity contribution in [1.29, 1.82) is 0 Å². The molecule has 0 aromatic heterocycles. The van der Waals surface area contributed by atoms with Crippen LogP contribution in [0.3, 0.4) is 0 Å². The van der Waals surface area contributed by atoms with E-state index in [-0.39, 0.29) is 6.03 Å². The van der Waals surface area contributed by atoms with Crippen LogP contribution in [0.5, 0.6) is 0 Å². The zero-order chi connectivity index (χ0) is 13.7. The lowest BCUT2D eigenvalue weighted by Crippen LogP contribution is -2.28. The minimum absolute atomic E-state index is 0.205. The summed E-state index contributed by atoms with van der Waals surface area (Å²) in [4.78, 5) is 11.8. The van der Waals surface area contributed by atoms with Crippen LogP contribution in [-0.4, -0.2) is 6.03 Å². The van der Waals surface area contributed by atoms with Crippen LogP contribution >= 0.6 is 38.5 Å². The van der Waals surface area contributed by atoms with Crippen molar-refractivity contribution >= 4 is 50.2 Å². The fourth-order valence-corrected chi connectivity index (χ4v) is 2.53. The fourth-order valence-electron chi connectivity index (χ4n) is 1.56. The van der Waals surface area contributed by atoms with Crippen LogP contribution in [0.4, 0.5) is 10.5 Å². The van der Waals surface area contributed by atoms with Crippen molar-refractivity contribution in [3.63, 3.8) is 0 Å². The molecule has 98 valence electrons. The second-order valence-electron chi connectivity index (χ2n) is 3.92. The summed E-state index contributed by atoms with van der Waals surface area (Å²) in [6.07, 6.45) is 0. The van der Waals surface area contributed by atoms with Gasteiger partial charge in [-0.15, -0.1) is 0 Å². The molecule has 3 nitrogen and oxygen atoms in total. The maximum Gasteiger partial charge on any atom is 0.319 e. The molecule has 0 saturated carbocycles. The Hall–Kier alpha value is -1.08. The van der Waals surface area contributed by atoms with Crippen LogP contribution in [0, 0.1) is 3.57 Å². The molecule has 0 fully saturated rings. The number of carbonyl (C=O) groups excluding carboxylic acids is 1. The topological polar surface area (TPSA) is 41.1 Å². The van der Waals surface area contributed by atoms with Crippen molar-refractivity contribution in [2.45, 2.75) is 6.54 Å². The minimum Gasteiger partial charge on any atom is -0.334 e. The SMILES string of the molecule is O=C(NCc1cccc(Br)c1)Nc1ccccc1I. The van der Waals surface area contributed by atoms with Gasteiger partial charge in [0.1, 0.15) is 0 Å². The highest BCUT2D eigenvalue weighted by molar-refractivity contribution is 14.1. The Bertz CT molecular complexity index is 589. The van der Waals surface area contributed by atoms with Gasteiger partial charge in [0.15, 0.2) is 0 Å². The van der Waals surface area contributed by atoms with Crippen molar-refractivity contribution in [1.82, 2.24) is 5.32 Å². The number of amides is 2. The van der Waals surface area contributed by atoms with Gasteiger partial charge in [-0.2, -0.15) is 0 Å². The highest BCUT2D eigenvalue weighted by Crippen LogP contribution is 2.16. The summed E-state index contributed by atoms with van der Waals surface area (Å²) < 4.78 is 2.02. The molecule has 5 heteroatoms. The molecule has 2 N–H and O–H groups in total. The van der Waals surface area contributed by atoms with Gasteiger partial charge in [0.05, 0.1) is 5.69 Å². The minimum atomic E-state index is -0.205. The number of benzene rings is 2. The van der Waals surface area contributed by atoms with Gasteiger partial charge in [-0.3, -0.25) is 0 Å². The molecule has 0 aliphatic rings. The zero-order valence-electron chi connectivity index (χ0n) is 9.99. The molecule has 0 heterocycles. The van der Waals surface area contributed by atoms with Crippen LogP contribution in [0.25, 0.3) is 0 Å². The molecule has 2 aromatic carbocycles. The van der Waals surface area contributed by atoms with E-state index < -0.39 is 0 Å². The summed E-state index contributed by atoms with van der Waals surface area (Å²) in [6, 6.07) is 15.3. The van der Waals surface area contributed by atoms with Gasteiger partial charge in [-0.25, -0.2) is 4.79 Å². The Kier molecular flexibility index (Phi) is 5.21. The van der Waals surface area contributed by atoms with E-state index in [1.165, 1.54) is 0 Å². The molecule has 0 unspecified atom stereocenters. The first-order chi connectivity index (χ1) is 9.15. The number of rotatable bonds is 3. The maximum absolute atomic E-state index is 11.8. The number of urea groups is 1. The lowest BCUT2D eigenvalue weighted by Gasteiger charge is -2.09. The first-order valence-electron chi connectivity index (χ1n) is 5.69. The fraction of sp³-hybridized carbons (Fsp3) is 0.0714. The third-order valence-electron chi connectivity index (χ3n) is 2.46. The quantitative estimate of drug-likeness (QED) is 0.697. The average Bonchev–Trinajstić information content (AvgIpc) is 2.39. The zero-order valence-corrected chi connectivity index (χ0v) is 13.7. The molecule has 0 atom stereocenters. The Morgan fingerprint density at radius 2 is 1.95 bits per heavy atom. The number of para-hydroxylation sites is 1. The molecular formula is C14H12BrIN2O. The molecule has 2 amide bonds. The van der Waals surface area contributed by atoms with Gasteiger partial charge in [0.2, 0.25) is 0 Å². The molecule has 0 aliphatic carbocycles. The van der Waals surface area contributed by atoms with Crippen LogP contribution in [0.2, 0.25) is 0 Å². The standard InChI is InChI=1S/C14H12BrIN2O/c15-11-5-3-4-10(8-11)9-17-14(19)18-13-7-2-1-6-12(13)16/h1-8H,9H2,(H2,17,18,19). The van der Waals surface area contributed by atoms with E-state index in [2.05, 4.69) is 49.2 Å². The summed E-state index contributed by atoms with van der Waals surface area (Å²) in [7, 11) is 0. The van der Waals surface area contributed by atoms with Crippen molar-refractivity contribution in [2.75, 3.05) is 5.32 Å². The maximum atomic E-state index is 11.8. The predicted octanol–water partition coefficient (Wildman–Crippen LogP) is 4.38. The first kappa shape index (κ1) is 14.3. The van der Waals surface area contributed by atoms with E-state index in [1.54, 1.807) is 0 Å². The summed E-state index contributed by atoms with van der Waals surface area (Å²) in [6.45, 7) is 0.495. The molecule has 19 heavy (non-hydrogen) atoms. The summed E-state index contributed by atoms with van der Waals surface area (Å²) >= 11 is 5.59. The van der Waals surface area contributed by atoms with E-state index in [0.29, 0.717) is 6.54 Å². The van der Waals surface area contributed by atoms with E-state index in [9.17, 15) is 4.79 Å². The first-order valence-corrected chi connectivity index (χ1v) is 7.56. The number of hydrogen-bond donors (Lipinski definition) is 2. The second-order valence-corrected chi connectivity index (χ2v) is 6.00. The second kappa shape index (κ2) is 6.91. The molecule has 0 aliphatic heterocycles. The van der Waals surface area contributed by atoms with E-state index in [1.807, 2.05) is 48.5 Å². The highest BCUT2D eigenvalue weighted by Gasteiger charge is 2.04. The summed E-state index contributed by atoms with van der Waals surface area (Å²) in [5.74, 6) is 0. The average molecular weight is 431 g/mol. The largest absolute Gasteiger partial charge is 0.334 e. The molecule has 0 spiro atoms. The third-order valence-corrected chi connectivity index (χ3v) is 3.90. The van der Waals surface area contributed by atoms with E-state index in [0.717, 1.165) is 19.3 Å². The predicted molar refractivity (Wildman–Crippen MR) is 89.2 cm³/mol. The number of anilines is 1. The van der Waals surface area contributed by atoms with Gasteiger partial charge in [0.25, 0.3) is 0 Å². The molecule has 2 aromatic rings. The van der Waals surface area contributed by atoms with Crippen molar-refractivity contribution in [3.8, 4) is 0 Å². The van der Waals surface area contributed by atoms with Gasteiger partial charge >= 0.3 is 6.03 Å².